The highest BCUT2D eigenvalue weighted by molar-refractivity contribution is 7.92. The summed E-state index contributed by atoms with van der Waals surface area (Å²) < 4.78 is 22.7. The average molecular weight is 248 g/mol. The summed E-state index contributed by atoms with van der Waals surface area (Å²) in [6, 6.07) is 0.0216. The standard InChI is InChI=1S/C10H20N2O3S/c1-2-16(14,15)8-10(13)12-6-4-3-5-9(12)7-11/h9H,2-8,11H2,1H3. The van der Waals surface area contributed by atoms with Crippen molar-refractivity contribution in [3.63, 3.8) is 0 Å². The number of rotatable bonds is 4. The number of piperidine rings is 1. The van der Waals surface area contributed by atoms with E-state index in [1.165, 1.54) is 0 Å². The number of carbonyl (C=O) groups is 1. The van der Waals surface area contributed by atoms with Crippen LogP contribution in [-0.4, -0.2) is 49.9 Å². The maximum atomic E-state index is 11.8. The minimum atomic E-state index is -3.23. The third kappa shape index (κ3) is 3.45. The second-order valence-electron chi connectivity index (χ2n) is 4.15. The lowest BCUT2D eigenvalue weighted by Gasteiger charge is -2.35. The first-order valence-corrected chi connectivity index (χ1v) is 7.52. The van der Waals surface area contributed by atoms with E-state index in [1.807, 2.05) is 0 Å². The smallest absolute Gasteiger partial charge is 0.238 e. The van der Waals surface area contributed by atoms with Crippen LogP contribution < -0.4 is 5.73 Å². The van der Waals surface area contributed by atoms with Gasteiger partial charge in [-0.15, -0.1) is 0 Å². The van der Waals surface area contributed by atoms with Crippen LogP contribution in [0.15, 0.2) is 0 Å². The van der Waals surface area contributed by atoms with Gasteiger partial charge in [0, 0.05) is 24.9 Å². The Morgan fingerprint density at radius 2 is 2.12 bits per heavy atom. The van der Waals surface area contributed by atoms with Crippen LogP contribution in [0.5, 0.6) is 0 Å². The lowest BCUT2D eigenvalue weighted by Crippen LogP contribution is -2.49. The maximum Gasteiger partial charge on any atom is 0.238 e. The Morgan fingerprint density at radius 3 is 2.69 bits per heavy atom. The van der Waals surface area contributed by atoms with Crippen molar-refractivity contribution in [1.82, 2.24) is 4.90 Å². The Balaban J connectivity index is 2.65. The molecule has 1 saturated heterocycles. The fourth-order valence-electron chi connectivity index (χ4n) is 1.95. The van der Waals surface area contributed by atoms with E-state index in [-0.39, 0.29) is 23.5 Å². The summed E-state index contributed by atoms with van der Waals surface area (Å²) in [4.78, 5) is 13.5. The van der Waals surface area contributed by atoms with E-state index in [1.54, 1.807) is 11.8 Å². The molecule has 0 saturated carbocycles. The van der Waals surface area contributed by atoms with E-state index >= 15 is 0 Å². The molecule has 1 amide bonds. The van der Waals surface area contributed by atoms with Crippen LogP contribution in [0.4, 0.5) is 0 Å². The quantitative estimate of drug-likeness (QED) is 0.744. The SMILES string of the molecule is CCS(=O)(=O)CC(=O)N1CCCCC1CN. The molecule has 1 aliphatic rings. The number of nitrogens with zero attached hydrogens (tertiary/aromatic N) is 1. The largest absolute Gasteiger partial charge is 0.338 e. The fourth-order valence-corrected chi connectivity index (χ4v) is 2.69. The molecule has 5 nitrogen and oxygen atoms in total. The molecule has 16 heavy (non-hydrogen) atoms. The van der Waals surface area contributed by atoms with Gasteiger partial charge in [-0.2, -0.15) is 0 Å². The third-order valence-corrected chi connectivity index (χ3v) is 4.57. The minimum Gasteiger partial charge on any atom is -0.338 e. The first-order valence-electron chi connectivity index (χ1n) is 5.70. The van der Waals surface area contributed by atoms with Crippen molar-refractivity contribution in [2.75, 3.05) is 24.6 Å². The fraction of sp³-hybridized carbons (Fsp3) is 0.900. The molecule has 0 aromatic rings. The van der Waals surface area contributed by atoms with E-state index in [4.69, 9.17) is 5.73 Å². The molecule has 1 fully saturated rings. The van der Waals surface area contributed by atoms with E-state index < -0.39 is 9.84 Å². The van der Waals surface area contributed by atoms with Gasteiger partial charge in [-0.3, -0.25) is 4.79 Å². The average Bonchev–Trinajstić information content (AvgIpc) is 2.28. The van der Waals surface area contributed by atoms with Gasteiger partial charge in [-0.25, -0.2) is 8.42 Å². The van der Waals surface area contributed by atoms with E-state index in [0.717, 1.165) is 19.3 Å². The van der Waals surface area contributed by atoms with Crippen molar-refractivity contribution in [2.45, 2.75) is 32.2 Å². The Bertz CT molecular complexity index is 340. The van der Waals surface area contributed by atoms with E-state index in [2.05, 4.69) is 0 Å². The lowest BCUT2D eigenvalue weighted by atomic mass is 10.0. The Kier molecular flexibility index (Phi) is 4.73. The summed E-state index contributed by atoms with van der Waals surface area (Å²) in [6.07, 6.45) is 2.88. The Morgan fingerprint density at radius 1 is 1.44 bits per heavy atom. The van der Waals surface area contributed by atoms with Crippen LogP contribution >= 0.6 is 0 Å². The molecule has 0 aliphatic carbocycles. The number of carbonyl (C=O) groups excluding carboxylic acids is 1. The van der Waals surface area contributed by atoms with Crippen molar-refractivity contribution in [1.29, 1.82) is 0 Å². The Labute approximate surface area is 96.9 Å². The number of hydrogen-bond acceptors (Lipinski definition) is 4. The summed E-state index contributed by atoms with van der Waals surface area (Å²) in [5.74, 6) is -0.656. The molecule has 0 spiro atoms. The first kappa shape index (κ1) is 13.4. The van der Waals surface area contributed by atoms with Crippen molar-refractivity contribution in [3.8, 4) is 0 Å². The molecule has 0 bridgehead atoms. The van der Waals surface area contributed by atoms with Gasteiger partial charge < -0.3 is 10.6 Å². The van der Waals surface area contributed by atoms with Gasteiger partial charge >= 0.3 is 0 Å². The second-order valence-corrected chi connectivity index (χ2v) is 6.50. The predicted octanol–water partition coefficient (Wildman–Crippen LogP) is -0.239. The third-order valence-electron chi connectivity index (χ3n) is 3.00. The molecule has 1 aliphatic heterocycles. The molecule has 0 radical (unpaired) electrons. The highest BCUT2D eigenvalue weighted by atomic mass is 32.2. The van der Waals surface area contributed by atoms with Gasteiger partial charge in [0.2, 0.25) is 5.91 Å². The van der Waals surface area contributed by atoms with Gasteiger partial charge in [-0.05, 0) is 19.3 Å². The van der Waals surface area contributed by atoms with Gasteiger partial charge in [0.05, 0.1) is 0 Å². The summed E-state index contributed by atoms with van der Waals surface area (Å²) in [5, 5.41) is 0. The number of likely N-dealkylation sites (tertiary alicyclic amines) is 1. The van der Waals surface area contributed by atoms with Crippen LogP contribution in [0.25, 0.3) is 0 Å². The van der Waals surface area contributed by atoms with Crippen LogP contribution in [0, 0.1) is 0 Å². The zero-order valence-corrected chi connectivity index (χ0v) is 10.5. The van der Waals surface area contributed by atoms with Crippen LogP contribution in [-0.2, 0) is 14.6 Å². The monoisotopic (exact) mass is 248 g/mol. The number of nitrogens with two attached hydrogens (primary N) is 1. The number of amides is 1. The summed E-state index contributed by atoms with van der Waals surface area (Å²) in [7, 11) is -3.23. The molecule has 1 heterocycles. The topological polar surface area (TPSA) is 80.5 Å². The molecular weight excluding hydrogens is 228 g/mol. The van der Waals surface area contributed by atoms with Gasteiger partial charge in [0.25, 0.3) is 0 Å². The molecule has 0 aromatic carbocycles. The lowest BCUT2D eigenvalue weighted by molar-refractivity contribution is -0.131. The van der Waals surface area contributed by atoms with Crippen LogP contribution in [0.3, 0.4) is 0 Å². The van der Waals surface area contributed by atoms with E-state index in [0.29, 0.717) is 13.1 Å². The first-order chi connectivity index (χ1) is 7.50. The molecular formula is C10H20N2O3S. The normalized spacial score (nSPS) is 22.1. The van der Waals surface area contributed by atoms with Crippen LogP contribution in [0.1, 0.15) is 26.2 Å². The number of hydrogen-bond donors (Lipinski definition) is 1. The molecule has 0 aromatic heterocycles. The molecule has 1 unspecified atom stereocenters. The highest BCUT2D eigenvalue weighted by Crippen LogP contribution is 2.16. The van der Waals surface area contributed by atoms with E-state index in [9.17, 15) is 13.2 Å². The summed E-state index contributed by atoms with van der Waals surface area (Å²) in [6.45, 7) is 2.61. The summed E-state index contributed by atoms with van der Waals surface area (Å²) >= 11 is 0. The van der Waals surface area contributed by atoms with Crippen molar-refractivity contribution >= 4 is 15.7 Å². The second kappa shape index (κ2) is 5.63. The molecule has 2 N–H and O–H groups in total. The van der Waals surface area contributed by atoms with Crippen molar-refractivity contribution in [3.05, 3.63) is 0 Å². The summed E-state index contributed by atoms with van der Waals surface area (Å²) in [5.41, 5.74) is 5.58. The zero-order valence-electron chi connectivity index (χ0n) is 9.68. The van der Waals surface area contributed by atoms with Crippen molar-refractivity contribution < 1.29 is 13.2 Å². The Hall–Kier alpha value is -0.620. The highest BCUT2D eigenvalue weighted by Gasteiger charge is 2.28. The number of sulfone groups is 1. The van der Waals surface area contributed by atoms with Gasteiger partial charge in [-0.1, -0.05) is 6.92 Å². The van der Waals surface area contributed by atoms with Crippen molar-refractivity contribution in [2.24, 2.45) is 5.73 Å². The molecule has 1 rings (SSSR count). The maximum absolute atomic E-state index is 11.8. The van der Waals surface area contributed by atoms with Crippen LogP contribution in [0.2, 0.25) is 0 Å². The van der Waals surface area contributed by atoms with Gasteiger partial charge in [0.15, 0.2) is 9.84 Å². The van der Waals surface area contributed by atoms with Gasteiger partial charge in [0.1, 0.15) is 5.75 Å². The molecule has 1 atom stereocenters. The molecule has 6 heteroatoms. The predicted molar refractivity (Wildman–Crippen MR) is 62.7 cm³/mol. The minimum absolute atomic E-state index is 0.0138. The molecule has 94 valence electrons. The zero-order chi connectivity index (χ0) is 12.2.